The maximum absolute atomic E-state index is 13.1. The molecule has 0 saturated carbocycles. The summed E-state index contributed by atoms with van der Waals surface area (Å²) in [4.78, 5) is 19.4. The molecule has 9 nitrogen and oxygen atoms in total. The third-order valence-electron chi connectivity index (χ3n) is 6.15. The van der Waals surface area contributed by atoms with E-state index in [1.807, 2.05) is 47.9 Å². The SMILES string of the molecule is COc1ccc(C2=NC(NC(=O)Nc3ccccc3OC)c3nnc(C)n3-c3sc(C)c(C)c32)cc1. The predicted molar refractivity (Wildman–Crippen MR) is 140 cm³/mol. The third kappa shape index (κ3) is 4.09. The van der Waals surface area contributed by atoms with Crippen molar-refractivity contribution in [2.24, 2.45) is 4.99 Å². The van der Waals surface area contributed by atoms with Crippen molar-refractivity contribution >= 4 is 28.8 Å². The molecule has 0 aliphatic carbocycles. The molecule has 1 aliphatic rings. The summed E-state index contributed by atoms with van der Waals surface area (Å²) < 4.78 is 12.7. The molecule has 4 aromatic rings. The molecule has 2 amide bonds. The van der Waals surface area contributed by atoms with Crippen LogP contribution in [0.3, 0.4) is 0 Å². The van der Waals surface area contributed by atoms with E-state index >= 15 is 0 Å². The molecule has 2 N–H and O–H groups in total. The first-order chi connectivity index (χ1) is 17.4. The maximum atomic E-state index is 13.1. The number of aliphatic imine (C=N–C) groups is 1. The molecule has 184 valence electrons. The number of hydrogen-bond acceptors (Lipinski definition) is 7. The number of amides is 2. The quantitative estimate of drug-likeness (QED) is 0.402. The zero-order valence-electron chi connectivity index (χ0n) is 20.6. The van der Waals surface area contributed by atoms with E-state index in [1.54, 1.807) is 37.7 Å². The number of methoxy groups -OCH3 is 2. The number of ether oxygens (including phenoxy) is 2. The Kier molecular flexibility index (Phi) is 6.19. The number of carbonyl (C=O) groups is 1. The van der Waals surface area contributed by atoms with Gasteiger partial charge in [-0.15, -0.1) is 21.5 Å². The molecular weight excluding hydrogens is 476 g/mol. The number of benzene rings is 2. The number of para-hydroxylation sites is 2. The zero-order chi connectivity index (χ0) is 25.4. The lowest BCUT2D eigenvalue weighted by Crippen LogP contribution is -2.33. The first-order valence-corrected chi connectivity index (χ1v) is 12.2. The first kappa shape index (κ1) is 23.6. The summed E-state index contributed by atoms with van der Waals surface area (Å²) in [6.07, 6.45) is -0.780. The smallest absolute Gasteiger partial charge is 0.321 e. The Labute approximate surface area is 212 Å². The van der Waals surface area contributed by atoms with E-state index in [9.17, 15) is 4.79 Å². The number of nitrogens with zero attached hydrogens (tertiary/aromatic N) is 4. The van der Waals surface area contributed by atoms with Gasteiger partial charge in [-0.1, -0.05) is 12.1 Å². The van der Waals surface area contributed by atoms with E-state index in [0.717, 1.165) is 39.0 Å². The molecule has 5 rings (SSSR count). The van der Waals surface area contributed by atoms with Crippen molar-refractivity contribution in [3.8, 4) is 16.5 Å². The van der Waals surface area contributed by atoms with Crippen LogP contribution in [0.5, 0.6) is 11.5 Å². The summed E-state index contributed by atoms with van der Waals surface area (Å²) in [6, 6.07) is 14.5. The van der Waals surface area contributed by atoms with Crippen molar-refractivity contribution in [3.05, 3.63) is 81.7 Å². The van der Waals surface area contributed by atoms with Crippen LogP contribution in [0.2, 0.25) is 0 Å². The topological polar surface area (TPSA) is 103 Å². The number of anilines is 1. The average Bonchev–Trinajstić information content (AvgIpc) is 3.36. The summed E-state index contributed by atoms with van der Waals surface area (Å²) in [6.45, 7) is 6.08. The lowest BCUT2D eigenvalue weighted by Gasteiger charge is -2.16. The number of thiophene rings is 1. The van der Waals surface area contributed by atoms with Crippen molar-refractivity contribution < 1.29 is 14.3 Å². The van der Waals surface area contributed by atoms with Gasteiger partial charge in [0.1, 0.15) is 22.3 Å². The number of rotatable bonds is 5. The number of carbonyl (C=O) groups excluding carboxylic acids is 1. The van der Waals surface area contributed by atoms with Crippen LogP contribution in [0.1, 0.15) is 39.4 Å². The van der Waals surface area contributed by atoms with Crippen LogP contribution in [0.15, 0.2) is 53.5 Å². The standard InChI is InChI=1S/C26H26N6O3S/c1-14-15(2)36-25-21(14)22(17-10-12-18(34-4)13-11-17)28-23(24-31-30-16(3)32(24)25)29-26(33)27-19-8-6-7-9-20(19)35-5/h6-13,23H,1-5H3,(H2,27,29,33). The van der Waals surface area contributed by atoms with Gasteiger partial charge in [-0.2, -0.15) is 0 Å². The number of urea groups is 1. The molecule has 2 aromatic carbocycles. The summed E-state index contributed by atoms with van der Waals surface area (Å²) in [5, 5.41) is 15.5. The molecule has 36 heavy (non-hydrogen) atoms. The van der Waals surface area contributed by atoms with E-state index in [0.29, 0.717) is 17.3 Å². The van der Waals surface area contributed by atoms with E-state index < -0.39 is 12.2 Å². The van der Waals surface area contributed by atoms with Crippen LogP contribution in [0.4, 0.5) is 10.5 Å². The number of aryl methyl sites for hydroxylation is 2. The Hall–Kier alpha value is -4.18. The van der Waals surface area contributed by atoms with Gasteiger partial charge in [0.25, 0.3) is 0 Å². The first-order valence-electron chi connectivity index (χ1n) is 11.4. The van der Waals surface area contributed by atoms with E-state index in [1.165, 1.54) is 4.88 Å². The minimum absolute atomic E-state index is 0.437. The highest BCUT2D eigenvalue weighted by atomic mass is 32.1. The largest absolute Gasteiger partial charge is 0.497 e. The van der Waals surface area contributed by atoms with Crippen molar-refractivity contribution in [2.45, 2.75) is 26.9 Å². The van der Waals surface area contributed by atoms with Gasteiger partial charge in [0.2, 0.25) is 0 Å². The Balaban J connectivity index is 1.61. The van der Waals surface area contributed by atoms with Crippen molar-refractivity contribution in [2.75, 3.05) is 19.5 Å². The van der Waals surface area contributed by atoms with Gasteiger partial charge in [-0.3, -0.25) is 9.56 Å². The van der Waals surface area contributed by atoms with E-state index in [2.05, 4.69) is 34.7 Å². The Morgan fingerprint density at radius 1 is 1.00 bits per heavy atom. The average molecular weight is 503 g/mol. The van der Waals surface area contributed by atoms with Crippen molar-refractivity contribution in [3.63, 3.8) is 0 Å². The highest BCUT2D eigenvalue weighted by Gasteiger charge is 2.32. The molecule has 0 spiro atoms. The summed E-state index contributed by atoms with van der Waals surface area (Å²) in [5.74, 6) is 2.57. The van der Waals surface area contributed by atoms with Gasteiger partial charge in [-0.05, 0) is 62.7 Å². The number of fused-ring (bicyclic) bond motifs is 3. The van der Waals surface area contributed by atoms with Gasteiger partial charge in [-0.25, -0.2) is 4.79 Å². The zero-order valence-corrected chi connectivity index (χ0v) is 21.4. The lowest BCUT2D eigenvalue weighted by atomic mass is 10.00. The normalized spacial score (nSPS) is 14.2. The van der Waals surface area contributed by atoms with E-state index in [-0.39, 0.29) is 0 Å². The molecule has 0 bridgehead atoms. The number of nitrogens with one attached hydrogen (secondary N) is 2. The molecule has 3 heterocycles. The second-order valence-corrected chi connectivity index (χ2v) is 9.51. The van der Waals surface area contributed by atoms with Crippen LogP contribution in [0.25, 0.3) is 5.00 Å². The molecule has 1 unspecified atom stereocenters. The van der Waals surface area contributed by atoms with Crippen LogP contribution in [-0.2, 0) is 0 Å². The minimum atomic E-state index is -0.780. The number of hydrogen-bond donors (Lipinski definition) is 2. The van der Waals surface area contributed by atoms with Crippen LogP contribution in [0, 0.1) is 20.8 Å². The van der Waals surface area contributed by atoms with E-state index in [4.69, 9.17) is 14.5 Å². The Bertz CT molecular complexity index is 1470. The van der Waals surface area contributed by atoms with Gasteiger partial charge < -0.3 is 20.1 Å². The third-order valence-corrected chi connectivity index (χ3v) is 7.34. The second kappa shape index (κ2) is 9.46. The maximum Gasteiger partial charge on any atom is 0.321 e. The van der Waals surface area contributed by atoms with Gasteiger partial charge in [0, 0.05) is 16.0 Å². The number of aromatic nitrogens is 3. The van der Waals surface area contributed by atoms with Crippen LogP contribution < -0.4 is 20.1 Å². The molecule has 0 fully saturated rings. The summed E-state index contributed by atoms with van der Waals surface area (Å²) in [7, 11) is 3.20. The second-order valence-electron chi connectivity index (χ2n) is 8.31. The fourth-order valence-electron chi connectivity index (χ4n) is 4.20. The van der Waals surface area contributed by atoms with Crippen LogP contribution >= 0.6 is 11.3 Å². The van der Waals surface area contributed by atoms with Crippen molar-refractivity contribution in [1.82, 2.24) is 20.1 Å². The minimum Gasteiger partial charge on any atom is -0.497 e. The molecule has 1 aliphatic heterocycles. The highest BCUT2D eigenvalue weighted by Crippen LogP contribution is 2.38. The lowest BCUT2D eigenvalue weighted by molar-refractivity contribution is 0.248. The molecule has 1 atom stereocenters. The van der Waals surface area contributed by atoms with Gasteiger partial charge in [0.15, 0.2) is 12.0 Å². The van der Waals surface area contributed by atoms with Crippen molar-refractivity contribution in [1.29, 1.82) is 0 Å². The Morgan fingerprint density at radius 3 is 2.47 bits per heavy atom. The monoisotopic (exact) mass is 502 g/mol. The fourth-order valence-corrected chi connectivity index (χ4v) is 5.41. The highest BCUT2D eigenvalue weighted by molar-refractivity contribution is 7.15. The molecule has 10 heteroatoms. The summed E-state index contributed by atoms with van der Waals surface area (Å²) in [5.41, 5.74) is 4.35. The Morgan fingerprint density at radius 2 is 1.75 bits per heavy atom. The van der Waals surface area contributed by atoms with Gasteiger partial charge >= 0.3 is 6.03 Å². The molecule has 0 radical (unpaired) electrons. The van der Waals surface area contributed by atoms with Crippen LogP contribution in [-0.4, -0.2) is 40.7 Å². The summed E-state index contributed by atoms with van der Waals surface area (Å²) >= 11 is 1.66. The molecular formula is C26H26N6O3S. The molecule has 2 aromatic heterocycles. The fraction of sp³-hybridized carbons (Fsp3) is 0.231. The predicted octanol–water partition coefficient (Wildman–Crippen LogP) is 4.94. The van der Waals surface area contributed by atoms with Gasteiger partial charge in [0.05, 0.1) is 25.6 Å². The molecule has 0 saturated heterocycles.